The Morgan fingerprint density at radius 2 is 1.19 bits per heavy atom. The molecule has 0 bridgehead atoms. The Morgan fingerprint density at radius 1 is 0.719 bits per heavy atom. The second-order valence-electron chi connectivity index (χ2n) is 7.67. The third-order valence-corrected chi connectivity index (χ3v) is 4.86. The fourth-order valence-corrected chi connectivity index (χ4v) is 3.08. The van der Waals surface area contributed by atoms with Crippen molar-refractivity contribution in [1.29, 1.82) is 0 Å². The molecule has 0 radical (unpaired) electrons. The summed E-state index contributed by atoms with van der Waals surface area (Å²) in [6, 6.07) is 0. The van der Waals surface area contributed by atoms with Crippen molar-refractivity contribution in [3.63, 3.8) is 0 Å². The maximum Gasteiger partial charge on any atom is 0.460 e. The molecule has 4 atom stereocenters. The van der Waals surface area contributed by atoms with Gasteiger partial charge in [0.1, 0.15) is 12.2 Å². The lowest BCUT2D eigenvalue weighted by Gasteiger charge is -2.40. The predicted molar refractivity (Wildman–Crippen MR) is 74.7 cm³/mol. The molecule has 2 rings (SSSR count). The average Bonchev–Trinajstić information content (AvgIpc) is 3.04. The molecule has 2 fully saturated rings. The summed E-state index contributed by atoms with van der Waals surface area (Å²) in [6.07, 6.45) is -17.7. The third kappa shape index (κ3) is 3.91. The maximum atomic E-state index is 13.8. The van der Waals surface area contributed by atoms with Crippen LogP contribution in [0.5, 0.6) is 0 Å². The second kappa shape index (κ2) is 7.46. The van der Waals surface area contributed by atoms with Crippen LogP contribution in [0.4, 0.5) is 57.1 Å². The van der Waals surface area contributed by atoms with Gasteiger partial charge in [0.25, 0.3) is 0 Å². The fraction of sp³-hybridized carbons (Fsp3) is 1.00. The number of hydrogen-bond acceptors (Lipinski definition) is 4. The lowest BCUT2D eigenvalue weighted by molar-refractivity contribution is -0.440. The molecule has 17 heteroatoms. The molecule has 0 aliphatic carbocycles. The first-order valence-corrected chi connectivity index (χ1v) is 8.58. The van der Waals surface area contributed by atoms with E-state index in [1.165, 1.54) is 13.8 Å². The van der Waals surface area contributed by atoms with Crippen LogP contribution >= 0.6 is 0 Å². The Labute approximate surface area is 170 Å². The highest BCUT2D eigenvalue weighted by Gasteiger charge is 2.90. The quantitative estimate of drug-likeness (QED) is 0.507. The Hall–Kier alpha value is -1.07. The minimum atomic E-state index is -7.95. The topological polar surface area (TPSA) is 47.9 Å². The van der Waals surface area contributed by atoms with Crippen molar-refractivity contribution >= 4 is 0 Å². The van der Waals surface area contributed by atoms with Crippen LogP contribution in [-0.4, -0.2) is 71.3 Å². The highest BCUT2D eigenvalue weighted by atomic mass is 19.4. The van der Waals surface area contributed by atoms with Crippen molar-refractivity contribution in [2.45, 2.75) is 92.9 Å². The Balaban J connectivity index is 2.20. The zero-order chi connectivity index (χ0) is 25.3. The number of halogens is 13. The number of alkyl halides is 13. The monoisotopic (exact) mass is 506 g/mol. The van der Waals surface area contributed by atoms with E-state index in [1.807, 2.05) is 0 Å². The summed E-state index contributed by atoms with van der Waals surface area (Å²) in [4.78, 5) is 0. The van der Waals surface area contributed by atoms with Crippen LogP contribution in [0.3, 0.4) is 0 Å². The first-order valence-electron chi connectivity index (χ1n) is 8.58. The van der Waals surface area contributed by atoms with Gasteiger partial charge in [-0.1, -0.05) is 0 Å². The van der Waals surface area contributed by atoms with Gasteiger partial charge >= 0.3 is 35.8 Å². The minimum absolute atomic E-state index is 1.31. The molecule has 2 heterocycles. The summed E-state index contributed by atoms with van der Waals surface area (Å²) in [5.74, 6) is -38.5. The number of ether oxygens (including phenoxy) is 3. The summed E-state index contributed by atoms with van der Waals surface area (Å²) in [6.45, 7) is 2.70. The molecule has 0 spiro atoms. The number of hydrogen-bond donors (Lipinski definition) is 1. The van der Waals surface area contributed by atoms with Crippen LogP contribution in [0.25, 0.3) is 0 Å². The van der Waals surface area contributed by atoms with E-state index in [9.17, 15) is 62.2 Å². The number of aliphatic hydroxyl groups excluding tert-OH is 1. The molecule has 32 heavy (non-hydrogen) atoms. The normalized spacial score (nSPS) is 30.0. The van der Waals surface area contributed by atoms with Crippen molar-refractivity contribution in [3.05, 3.63) is 0 Å². The average molecular weight is 506 g/mol. The molecule has 4 nitrogen and oxygen atoms in total. The van der Waals surface area contributed by atoms with E-state index in [2.05, 4.69) is 0 Å². The van der Waals surface area contributed by atoms with Crippen LogP contribution in [0.1, 0.15) is 26.7 Å². The van der Waals surface area contributed by atoms with Gasteiger partial charge in [0.15, 0.2) is 12.1 Å². The number of fused-ring (bicyclic) bond motifs is 1. The van der Waals surface area contributed by atoms with Crippen molar-refractivity contribution < 1.29 is 76.4 Å². The Morgan fingerprint density at radius 3 is 1.62 bits per heavy atom. The van der Waals surface area contributed by atoms with Crippen molar-refractivity contribution in [3.8, 4) is 0 Å². The first kappa shape index (κ1) is 27.2. The molecule has 0 aromatic carbocycles. The van der Waals surface area contributed by atoms with Crippen LogP contribution in [0.2, 0.25) is 0 Å². The largest absolute Gasteiger partial charge is 0.460 e. The highest BCUT2D eigenvalue weighted by molar-refractivity contribution is 5.10. The van der Waals surface area contributed by atoms with Gasteiger partial charge in [-0.2, -0.15) is 57.1 Å². The minimum Gasteiger partial charge on any atom is -0.387 e. The van der Waals surface area contributed by atoms with Crippen LogP contribution in [-0.2, 0) is 14.2 Å². The van der Waals surface area contributed by atoms with E-state index in [-0.39, 0.29) is 0 Å². The Kier molecular flexibility index (Phi) is 6.34. The second-order valence-corrected chi connectivity index (χ2v) is 7.67. The van der Waals surface area contributed by atoms with E-state index in [1.54, 1.807) is 0 Å². The van der Waals surface area contributed by atoms with Crippen molar-refractivity contribution in [1.82, 2.24) is 0 Å². The maximum absolute atomic E-state index is 13.8. The van der Waals surface area contributed by atoms with Gasteiger partial charge in [-0.15, -0.1) is 0 Å². The van der Waals surface area contributed by atoms with Gasteiger partial charge in [0.05, 0.1) is 6.10 Å². The van der Waals surface area contributed by atoms with Crippen LogP contribution in [0, 0.1) is 0 Å². The van der Waals surface area contributed by atoms with E-state index in [4.69, 9.17) is 14.2 Å². The third-order valence-electron chi connectivity index (χ3n) is 4.86. The summed E-state index contributed by atoms with van der Waals surface area (Å²) in [5, 5.41) is 9.92. The summed E-state index contributed by atoms with van der Waals surface area (Å²) >= 11 is 0. The van der Waals surface area contributed by atoms with Gasteiger partial charge in [-0.3, -0.25) is 0 Å². The van der Waals surface area contributed by atoms with Crippen molar-refractivity contribution in [2.24, 2.45) is 0 Å². The van der Waals surface area contributed by atoms with Gasteiger partial charge in [-0.05, 0) is 20.3 Å². The molecular weight excluding hydrogens is 491 g/mol. The lowest BCUT2D eigenvalue weighted by Crippen LogP contribution is -2.70. The molecule has 0 saturated carbocycles. The molecule has 0 aromatic rings. The van der Waals surface area contributed by atoms with Gasteiger partial charge in [0, 0.05) is 6.42 Å². The smallest absolute Gasteiger partial charge is 0.387 e. The molecule has 0 amide bonds. The van der Waals surface area contributed by atoms with Crippen molar-refractivity contribution in [2.75, 3.05) is 0 Å². The molecule has 2 saturated heterocycles. The molecule has 190 valence electrons. The highest BCUT2D eigenvalue weighted by Crippen LogP contribution is 2.61. The van der Waals surface area contributed by atoms with E-state index < -0.39 is 79.0 Å². The number of rotatable bonds is 7. The predicted octanol–water partition coefficient (Wildman–Crippen LogP) is 4.74. The molecule has 2 aliphatic rings. The molecule has 0 aromatic heterocycles. The SMILES string of the molecule is CC1(C)O[C@H]2O[C@H](CCC(F)(F)C(F)(F)C(F)(F)C(F)(F)C(F)(F)C(F)(F)F)[C@H](O)[C@H]2O1. The zero-order valence-corrected chi connectivity index (χ0v) is 15.8. The summed E-state index contributed by atoms with van der Waals surface area (Å²) in [7, 11) is 0. The molecular formula is C15H15F13O4. The van der Waals surface area contributed by atoms with Crippen LogP contribution < -0.4 is 0 Å². The lowest BCUT2D eigenvalue weighted by atomic mass is 9.91. The van der Waals surface area contributed by atoms with Gasteiger partial charge < -0.3 is 19.3 Å². The molecule has 2 aliphatic heterocycles. The van der Waals surface area contributed by atoms with E-state index >= 15 is 0 Å². The zero-order valence-electron chi connectivity index (χ0n) is 15.8. The van der Waals surface area contributed by atoms with E-state index in [0.29, 0.717) is 0 Å². The van der Waals surface area contributed by atoms with Crippen LogP contribution in [0.15, 0.2) is 0 Å². The van der Waals surface area contributed by atoms with Gasteiger partial charge in [-0.25, -0.2) is 0 Å². The summed E-state index contributed by atoms with van der Waals surface area (Å²) < 4.78 is 185. The standard InChI is InChI=1S/C15H15F13O4/c1-9(2)31-7-6(29)5(30-8(7)32-9)3-4-10(16,17)11(18,19)12(20,21)13(22,23)14(24,25)15(26,27)28/h5-8,29H,3-4H2,1-2H3/t5-,6+,7-,8-/m1/s1. The first-order chi connectivity index (χ1) is 13.9. The molecule has 0 unspecified atom stereocenters. The summed E-state index contributed by atoms with van der Waals surface area (Å²) in [5.41, 5.74) is 0. The number of aliphatic hydroxyl groups is 1. The van der Waals surface area contributed by atoms with Gasteiger partial charge in [0.2, 0.25) is 0 Å². The fourth-order valence-electron chi connectivity index (χ4n) is 3.08. The van der Waals surface area contributed by atoms with E-state index in [0.717, 1.165) is 0 Å². The Bertz CT molecular complexity index is 706. The molecule has 1 N–H and O–H groups in total.